The van der Waals surface area contributed by atoms with Crippen LogP contribution in [0.2, 0.25) is 0 Å². The molecule has 0 saturated carbocycles. The maximum atomic E-state index is 12.3. The summed E-state index contributed by atoms with van der Waals surface area (Å²) in [5.74, 6) is 1.79. The van der Waals surface area contributed by atoms with Gasteiger partial charge in [0, 0.05) is 6.61 Å². The molecule has 3 rings (SSSR count). The summed E-state index contributed by atoms with van der Waals surface area (Å²) in [7, 11) is 0. The van der Waals surface area contributed by atoms with Crippen LogP contribution in [0.25, 0.3) is 0 Å². The summed E-state index contributed by atoms with van der Waals surface area (Å²) in [5.41, 5.74) is 0.625. The molecule has 156 valence electrons. The Morgan fingerprint density at radius 2 is 1.79 bits per heavy atom. The van der Waals surface area contributed by atoms with Gasteiger partial charge in [0.1, 0.15) is 23.9 Å². The molecule has 1 saturated heterocycles. The maximum Gasteiger partial charge on any atom is 0.262 e. The average Bonchev–Trinajstić information content (AvgIpc) is 2.77. The van der Waals surface area contributed by atoms with Crippen LogP contribution in [0, 0.1) is 0 Å². The van der Waals surface area contributed by atoms with Crippen molar-refractivity contribution < 1.29 is 23.7 Å². The van der Waals surface area contributed by atoms with Crippen molar-refractivity contribution in [1.82, 2.24) is 0 Å². The molecule has 2 aromatic carbocycles. The number of carbonyl (C=O) groups excluding carboxylic acids is 1. The molecule has 0 aliphatic carbocycles. The molecular weight excluding hydrogens is 370 g/mol. The number of benzene rings is 2. The molecule has 1 aliphatic heterocycles. The van der Waals surface area contributed by atoms with Gasteiger partial charge in [-0.05, 0) is 62.1 Å². The summed E-state index contributed by atoms with van der Waals surface area (Å²) in [4.78, 5) is 12.3. The molecule has 29 heavy (non-hydrogen) atoms. The first-order valence-electron chi connectivity index (χ1n) is 10.2. The third-order valence-corrected chi connectivity index (χ3v) is 4.53. The zero-order valence-electron chi connectivity index (χ0n) is 16.9. The summed E-state index contributed by atoms with van der Waals surface area (Å²) in [5, 5.41) is 2.85. The lowest BCUT2D eigenvalue weighted by molar-refractivity contribution is -0.118. The van der Waals surface area contributed by atoms with Crippen molar-refractivity contribution in [3.63, 3.8) is 0 Å². The summed E-state index contributed by atoms with van der Waals surface area (Å²) in [6.07, 6.45) is 4.34. The number of carbonyl (C=O) groups is 1. The molecule has 0 aromatic heterocycles. The zero-order valence-corrected chi connectivity index (χ0v) is 16.9. The molecule has 6 nitrogen and oxygen atoms in total. The standard InChI is InChI=1S/C23H29NO5/c1-2-14-26-18-10-12-19(13-11-18)28-17-23(25)24-21-8-3-4-9-22(21)29-16-20-7-5-6-15-27-20/h3-4,8-13,20H,2,5-7,14-17H2,1H3,(H,24,25). The molecule has 1 heterocycles. The van der Waals surface area contributed by atoms with Crippen LogP contribution in [0.15, 0.2) is 48.5 Å². The predicted molar refractivity (Wildman–Crippen MR) is 112 cm³/mol. The lowest BCUT2D eigenvalue weighted by Crippen LogP contribution is -2.26. The predicted octanol–water partition coefficient (Wildman–Crippen LogP) is 4.44. The molecule has 1 N–H and O–H groups in total. The Morgan fingerprint density at radius 3 is 2.52 bits per heavy atom. The van der Waals surface area contributed by atoms with Gasteiger partial charge in [-0.2, -0.15) is 0 Å². The Labute approximate surface area is 172 Å². The fourth-order valence-corrected chi connectivity index (χ4v) is 3.00. The van der Waals surface area contributed by atoms with Gasteiger partial charge >= 0.3 is 0 Å². The van der Waals surface area contributed by atoms with Crippen LogP contribution in [0.5, 0.6) is 17.2 Å². The van der Waals surface area contributed by atoms with E-state index in [1.807, 2.05) is 36.4 Å². The van der Waals surface area contributed by atoms with Gasteiger partial charge in [-0.3, -0.25) is 4.79 Å². The van der Waals surface area contributed by atoms with Gasteiger partial charge in [-0.25, -0.2) is 0 Å². The number of hydrogen-bond donors (Lipinski definition) is 1. The molecule has 0 bridgehead atoms. The molecule has 1 aliphatic rings. The Hall–Kier alpha value is -2.73. The van der Waals surface area contributed by atoms with Crippen LogP contribution in [0.4, 0.5) is 5.69 Å². The van der Waals surface area contributed by atoms with E-state index in [2.05, 4.69) is 12.2 Å². The third kappa shape index (κ3) is 6.98. The summed E-state index contributed by atoms with van der Waals surface area (Å²) >= 11 is 0. The number of para-hydroxylation sites is 2. The van der Waals surface area contributed by atoms with E-state index < -0.39 is 0 Å². The maximum absolute atomic E-state index is 12.3. The SMILES string of the molecule is CCCOc1ccc(OCC(=O)Nc2ccccc2OCC2CCCCO2)cc1. The second-order valence-corrected chi connectivity index (χ2v) is 6.95. The van der Waals surface area contributed by atoms with E-state index in [1.54, 1.807) is 12.1 Å². The molecule has 6 heteroatoms. The number of ether oxygens (including phenoxy) is 4. The van der Waals surface area contributed by atoms with Crippen molar-refractivity contribution in [2.45, 2.75) is 38.7 Å². The Bertz CT molecular complexity index is 756. The smallest absolute Gasteiger partial charge is 0.262 e. The molecule has 0 radical (unpaired) electrons. The number of rotatable bonds is 10. The van der Waals surface area contributed by atoms with E-state index in [4.69, 9.17) is 18.9 Å². The van der Waals surface area contributed by atoms with E-state index >= 15 is 0 Å². The summed E-state index contributed by atoms with van der Waals surface area (Å²) in [6.45, 7) is 3.92. The van der Waals surface area contributed by atoms with Gasteiger partial charge < -0.3 is 24.3 Å². The third-order valence-electron chi connectivity index (χ3n) is 4.53. The molecule has 1 amide bonds. The van der Waals surface area contributed by atoms with Crippen LogP contribution in [0.1, 0.15) is 32.6 Å². The highest BCUT2D eigenvalue weighted by Gasteiger charge is 2.16. The lowest BCUT2D eigenvalue weighted by Gasteiger charge is -2.23. The van der Waals surface area contributed by atoms with Crippen LogP contribution in [-0.4, -0.2) is 38.4 Å². The second kappa shape index (κ2) is 11.3. The van der Waals surface area contributed by atoms with Crippen molar-refractivity contribution in [3.05, 3.63) is 48.5 Å². The van der Waals surface area contributed by atoms with Crippen molar-refractivity contribution in [3.8, 4) is 17.2 Å². The largest absolute Gasteiger partial charge is 0.494 e. The van der Waals surface area contributed by atoms with E-state index in [9.17, 15) is 4.79 Å². The summed E-state index contributed by atoms with van der Waals surface area (Å²) < 4.78 is 22.7. The fourth-order valence-electron chi connectivity index (χ4n) is 3.00. The molecule has 1 unspecified atom stereocenters. The van der Waals surface area contributed by atoms with Crippen molar-refractivity contribution in [2.24, 2.45) is 0 Å². The average molecular weight is 399 g/mol. The minimum Gasteiger partial charge on any atom is -0.494 e. The van der Waals surface area contributed by atoms with Crippen LogP contribution >= 0.6 is 0 Å². The fraction of sp³-hybridized carbons (Fsp3) is 0.435. The first kappa shape index (κ1) is 21.0. The highest BCUT2D eigenvalue weighted by atomic mass is 16.5. The Balaban J connectivity index is 1.47. The minimum absolute atomic E-state index is 0.0881. The first-order valence-corrected chi connectivity index (χ1v) is 10.2. The van der Waals surface area contributed by atoms with Crippen LogP contribution in [-0.2, 0) is 9.53 Å². The number of hydrogen-bond acceptors (Lipinski definition) is 5. The van der Waals surface area contributed by atoms with Gasteiger partial charge in [0.25, 0.3) is 5.91 Å². The minimum atomic E-state index is -0.249. The van der Waals surface area contributed by atoms with Crippen molar-refractivity contribution >= 4 is 11.6 Å². The highest BCUT2D eigenvalue weighted by molar-refractivity contribution is 5.93. The van der Waals surface area contributed by atoms with E-state index in [0.717, 1.165) is 38.0 Å². The van der Waals surface area contributed by atoms with E-state index in [0.29, 0.717) is 30.4 Å². The van der Waals surface area contributed by atoms with Gasteiger partial charge in [-0.15, -0.1) is 0 Å². The number of anilines is 1. The van der Waals surface area contributed by atoms with Crippen LogP contribution < -0.4 is 19.5 Å². The van der Waals surface area contributed by atoms with Gasteiger partial charge in [0.15, 0.2) is 6.61 Å². The first-order chi connectivity index (χ1) is 14.2. The van der Waals surface area contributed by atoms with Crippen LogP contribution in [0.3, 0.4) is 0 Å². The molecule has 0 spiro atoms. The second-order valence-electron chi connectivity index (χ2n) is 6.95. The number of amides is 1. The monoisotopic (exact) mass is 399 g/mol. The van der Waals surface area contributed by atoms with Gasteiger partial charge in [-0.1, -0.05) is 19.1 Å². The zero-order chi connectivity index (χ0) is 20.3. The van der Waals surface area contributed by atoms with Crippen molar-refractivity contribution in [1.29, 1.82) is 0 Å². The summed E-state index contributed by atoms with van der Waals surface area (Å²) in [6, 6.07) is 14.6. The molecule has 2 aromatic rings. The molecule has 1 fully saturated rings. The highest BCUT2D eigenvalue weighted by Crippen LogP contribution is 2.25. The van der Waals surface area contributed by atoms with E-state index in [1.165, 1.54) is 0 Å². The Morgan fingerprint density at radius 1 is 1.03 bits per heavy atom. The normalized spacial score (nSPS) is 16.1. The van der Waals surface area contributed by atoms with Gasteiger partial charge in [0.2, 0.25) is 0 Å². The van der Waals surface area contributed by atoms with E-state index in [-0.39, 0.29) is 18.6 Å². The molecular formula is C23H29NO5. The topological polar surface area (TPSA) is 66.0 Å². The number of nitrogens with one attached hydrogen (secondary N) is 1. The quantitative estimate of drug-likeness (QED) is 0.640. The Kier molecular flexibility index (Phi) is 8.19. The molecule has 1 atom stereocenters. The van der Waals surface area contributed by atoms with Crippen molar-refractivity contribution in [2.75, 3.05) is 31.7 Å². The van der Waals surface area contributed by atoms with Gasteiger partial charge in [0.05, 0.1) is 18.4 Å². The lowest BCUT2D eigenvalue weighted by atomic mass is 10.1.